The van der Waals surface area contributed by atoms with Crippen molar-refractivity contribution in [1.29, 1.82) is 0 Å². The predicted molar refractivity (Wildman–Crippen MR) is 128 cm³/mol. The fourth-order valence-corrected chi connectivity index (χ4v) is 5.07. The lowest BCUT2D eigenvalue weighted by Crippen LogP contribution is -2.54. The van der Waals surface area contributed by atoms with Gasteiger partial charge in [-0.2, -0.15) is 13.2 Å². The van der Waals surface area contributed by atoms with Crippen molar-refractivity contribution in [2.45, 2.75) is 18.3 Å². The molecule has 10 heteroatoms. The zero-order valence-corrected chi connectivity index (χ0v) is 19.5. The molecule has 0 radical (unpaired) electrons. The lowest BCUT2D eigenvalue weighted by Gasteiger charge is -2.38. The molecule has 2 aliphatic heterocycles. The molecule has 1 amide bonds. The number of piperazine rings is 1. The van der Waals surface area contributed by atoms with E-state index in [1.807, 2.05) is 4.90 Å². The lowest BCUT2D eigenvalue weighted by atomic mass is 10.1. The second-order valence-electron chi connectivity index (χ2n) is 8.93. The number of anilines is 1. The van der Waals surface area contributed by atoms with Crippen molar-refractivity contribution in [1.82, 2.24) is 14.8 Å². The van der Waals surface area contributed by atoms with Crippen LogP contribution in [-0.4, -0.2) is 77.2 Å². The van der Waals surface area contributed by atoms with E-state index in [2.05, 4.69) is 9.88 Å². The van der Waals surface area contributed by atoms with Gasteiger partial charge in [-0.25, -0.2) is 0 Å². The fraction of sp³-hybridized carbons (Fsp3) is 0.360. The predicted octanol–water partition coefficient (Wildman–Crippen LogP) is 3.91. The number of benzene rings is 2. The summed E-state index contributed by atoms with van der Waals surface area (Å²) in [5.41, 5.74) is 0.875. The Morgan fingerprint density at radius 3 is 2.40 bits per heavy atom. The van der Waals surface area contributed by atoms with Crippen molar-refractivity contribution < 1.29 is 23.1 Å². The zero-order valence-electron chi connectivity index (χ0n) is 18.7. The van der Waals surface area contributed by atoms with Crippen LogP contribution in [0.3, 0.4) is 0 Å². The number of aromatic nitrogens is 1. The van der Waals surface area contributed by atoms with Gasteiger partial charge in [0.15, 0.2) is 0 Å². The van der Waals surface area contributed by atoms with Crippen molar-refractivity contribution in [2.24, 2.45) is 0 Å². The third kappa shape index (κ3) is 4.80. The van der Waals surface area contributed by atoms with Crippen LogP contribution in [0.15, 0.2) is 54.7 Å². The number of hydrogen-bond donors (Lipinski definition) is 1. The molecule has 2 saturated heterocycles. The zero-order chi connectivity index (χ0) is 24.7. The number of β-amino-alcohol motifs (C(OH)–C–C–N with tert-alkyl or cyclic N) is 1. The molecule has 5 rings (SSSR count). The standard InChI is InChI=1S/C25H24ClF3N4O2/c26-18-4-1-16(2-5-18)24(35)32-11-9-31(10-12-32)22-14-33(15-23(22)34)21-7-8-30-20-13-17(25(27,28)29)3-6-19(20)21/h1-8,13,22-23,34H,9-12,14-15H2/t22?,23-/m1/s1. The molecule has 35 heavy (non-hydrogen) atoms. The molecule has 0 aliphatic carbocycles. The Bertz CT molecular complexity index is 1230. The lowest BCUT2D eigenvalue weighted by molar-refractivity contribution is -0.137. The van der Waals surface area contributed by atoms with Crippen LogP contribution < -0.4 is 4.90 Å². The summed E-state index contributed by atoms with van der Waals surface area (Å²) >= 11 is 5.91. The minimum atomic E-state index is -4.43. The number of alkyl halides is 3. The van der Waals surface area contributed by atoms with Gasteiger partial charge in [-0.3, -0.25) is 14.7 Å². The van der Waals surface area contributed by atoms with E-state index >= 15 is 0 Å². The van der Waals surface area contributed by atoms with Crippen LogP contribution in [-0.2, 0) is 6.18 Å². The number of nitrogens with zero attached hydrogens (tertiary/aromatic N) is 4. The Morgan fingerprint density at radius 2 is 1.71 bits per heavy atom. The number of carbonyl (C=O) groups excluding carboxylic acids is 1. The Balaban J connectivity index is 1.27. The molecule has 2 aromatic carbocycles. The second-order valence-corrected chi connectivity index (χ2v) is 9.37. The number of aliphatic hydroxyl groups excluding tert-OH is 1. The normalized spacial score (nSPS) is 21.6. The van der Waals surface area contributed by atoms with Gasteiger partial charge in [0.2, 0.25) is 0 Å². The first-order valence-electron chi connectivity index (χ1n) is 11.4. The van der Waals surface area contributed by atoms with E-state index in [1.54, 1.807) is 35.2 Å². The molecule has 1 aromatic heterocycles. The molecule has 2 aliphatic rings. The number of pyridine rings is 1. The number of fused-ring (bicyclic) bond motifs is 1. The van der Waals surface area contributed by atoms with E-state index in [0.717, 1.165) is 17.8 Å². The largest absolute Gasteiger partial charge is 0.416 e. The Kier molecular flexibility index (Phi) is 6.33. The SMILES string of the molecule is O=C(c1ccc(Cl)cc1)N1CCN(C2CN(c3ccnc4cc(C(F)(F)F)ccc34)C[C@H]2O)CC1. The number of hydrogen-bond acceptors (Lipinski definition) is 5. The van der Waals surface area contributed by atoms with E-state index in [-0.39, 0.29) is 17.5 Å². The molecule has 0 saturated carbocycles. The summed E-state index contributed by atoms with van der Waals surface area (Å²) in [5.74, 6) is -0.0450. The van der Waals surface area contributed by atoms with Gasteiger partial charge in [0.05, 0.1) is 23.2 Å². The average molecular weight is 505 g/mol. The molecule has 1 N–H and O–H groups in total. The number of amides is 1. The van der Waals surface area contributed by atoms with E-state index in [0.29, 0.717) is 55.2 Å². The van der Waals surface area contributed by atoms with Crippen molar-refractivity contribution in [3.05, 3.63) is 70.9 Å². The van der Waals surface area contributed by atoms with Gasteiger partial charge in [-0.1, -0.05) is 17.7 Å². The van der Waals surface area contributed by atoms with Gasteiger partial charge in [-0.15, -0.1) is 0 Å². The highest BCUT2D eigenvalue weighted by Crippen LogP contribution is 2.35. The van der Waals surface area contributed by atoms with Gasteiger partial charge in [0.25, 0.3) is 5.91 Å². The fourth-order valence-electron chi connectivity index (χ4n) is 4.94. The Labute approximate surface area is 205 Å². The van der Waals surface area contributed by atoms with Crippen LogP contribution in [0.1, 0.15) is 15.9 Å². The first kappa shape index (κ1) is 23.8. The molecule has 184 valence electrons. The van der Waals surface area contributed by atoms with Gasteiger partial charge in [-0.05, 0) is 42.5 Å². The summed E-state index contributed by atoms with van der Waals surface area (Å²) in [6, 6.07) is 12.0. The van der Waals surface area contributed by atoms with E-state index in [9.17, 15) is 23.1 Å². The minimum absolute atomic E-state index is 0.0450. The molecule has 0 spiro atoms. The monoisotopic (exact) mass is 504 g/mol. The summed E-state index contributed by atoms with van der Waals surface area (Å²) in [7, 11) is 0. The highest BCUT2D eigenvalue weighted by Gasteiger charge is 2.38. The maximum absolute atomic E-state index is 13.1. The molecular weight excluding hydrogens is 481 g/mol. The smallest absolute Gasteiger partial charge is 0.390 e. The van der Waals surface area contributed by atoms with Crippen molar-refractivity contribution in [3.63, 3.8) is 0 Å². The maximum Gasteiger partial charge on any atom is 0.416 e. The molecule has 1 unspecified atom stereocenters. The van der Waals surface area contributed by atoms with Crippen molar-refractivity contribution >= 4 is 34.1 Å². The third-order valence-electron chi connectivity index (χ3n) is 6.81. The highest BCUT2D eigenvalue weighted by molar-refractivity contribution is 6.30. The van der Waals surface area contributed by atoms with E-state index in [4.69, 9.17) is 11.6 Å². The minimum Gasteiger partial charge on any atom is -0.390 e. The van der Waals surface area contributed by atoms with Crippen LogP contribution in [0.2, 0.25) is 5.02 Å². The summed E-state index contributed by atoms with van der Waals surface area (Å²) in [6.45, 7) is 3.25. The summed E-state index contributed by atoms with van der Waals surface area (Å²) in [4.78, 5) is 22.9. The van der Waals surface area contributed by atoms with Crippen molar-refractivity contribution in [2.75, 3.05) is 44.2 Å². The first-order valence-corrected chi connectivity index (χ1v) is 11.8. The van der Waals surface area contributed by atoms with Gasteiger partial charge < -0.3 is 14.9 Å². The quantitative estimate of drug-likeness (QED) is 0.586. The van der Waals surface area contributed by atoms with E-state index in [1.165, 1.54) is 12.3 Å². The molecule has 3 aromatic rings. The van der Waals surface area contributed by atoms with Crippen LogP contribution in [0.25, 0.3) is 10.9 Å². The van der Waals surface area contributed by atoms with Gasteiger partial charge in [0, 0.05) is 67.1 Å². The summed E-state index contributed by atoms with van der Waals surface area (Å²) in [6.07, 6.45) is -3.55. The van der Waals surface area contributed by atoms with Crippen LogP contribution in [0.4, 0.5) is 18.9 Å². The van der Waals surface area contributed by atoms with Crippen molar-refractivity contribution in [3.8, 4) is 0 Å². The number of aliphatic hydroxyl groups is 1. The van der Waals surface area contributed by atoms with E-state index < -0.39 is 17.8 Å². The molecule has 0 bridgehead atoms. The molecule has 2 fully saturated rings. The van der Waals surface area contributed by atoms with Crippen LogP contribution >= 0.6 is 11.6 Å². The third-order valence-corrected chi connectivity index (χ3v) is 7.06. The Morgan fingerprint density at radius 1 is 1.00 bits per heavy atom. The maximum atomic E-state index is 13.1. The highest BCUT2D eigenvalue weighted by atomic mass is 35.5. The number of rotatable bonds is 3. The molecular formula is C25H24ClF3N4O2. The first-order chi connectivity index (χ1) is 16.7. The number of carbonyl (C=O) groups is 1. The topological polar surface area (TPSA) is 59.9 Å². The van der Waals surface area contributed by atoms with Gasteiger partial charge in [0.1, 0.15) is 0 Å². The van der Waals surface area contributed by atoms with Crippen LogP contribution in [0, 0.1) is 0 Å². The molecule has 6 nitrogen and oxygen atoms in total. The second kappa shape index (κ2) is 9.29. The summed E-state index contributed by atoms with van der Waals surface area (Å²) < 4.78 is 39.3. The average Bonchev–Trinajstić information content (AvgIpc) is 3.24. The van der Waals surface area contributed by atoms with Crippen LogP contribution in [0.5, 0.6) is 0 Å². The Hall–Kier alpha value is -2.88. The summed E-state index contributed by atoms with van der Waals surface area (Å²) in [5, 5.41) is 12.0. The molecule has 2 atom stereocenters. The van der Waals surface area contributed by atoms with Gasteiger partial charge >= 0.3 is 6.18 Å². The number of halogens is 4. The molecule has 3 heterocycles.